The van der Waals surface area contributed by atoms with Gasteiger partial charge in [0.25, 0.3) is 0 Å². The molecule has 1 aliphatic heterocycles. The molecule has 1 unspecified atom stereocenters. The highest BCUT2D eigenvalue weighted by atomic mass is 16.5. The highest BCUT2D eigenvalue weighted by Gasteiger charge is 2.26. The number of aliphatic imine (C=N–C) groups is 1. The molecule has 0 amide bonds. The molecule has 1 heterocycles. The number of hydrogen-bond donors (Lipinski definition) is 0. The molecule has 1 aromatic rings. The fourth-order valence-electron chi connectivity index (χ4n) is 1.66. The SMILES string of the molecule is CC1=N[C@H](C)C(c2ccccc2)O1. The van der Waals surface area contributed by atoms with Crippen molar-refractivity contribution in [2.45, 2.75) is 26.0 Å². The molecule has 68 valence electrons. The summed E-state index contributed by atoms with van der Waals surface area (Å²) in [7, 11) is 0. The van der Waals surface area contributed by atoms with Crippen LogP contribution in [-0.2, 0) is 4.74 Å². The Labute approximate surface area is 78.3 Å². The Balaban J connectivity index is 2.21. The molecule has 1 aliphatic rings. The zero-order valence-electron chi connectivity index (χ0n) is 7.90. The number of rotatable bonds is 1. The highest BCUT2D eigenvalue weighted by Crippen LogP contribution is 2.28. The Bertz CT molecular complexity index is 318. The third-order valence-electron chi connectivity index (χ3n) is 2.25. The van der Waals surface area contributed by atoms with Crippen molar-refractivity contribution >= 4 is 5.90 Å². The first-order chi connectivity index (χ1) is 6.27. The molecule has 0 fully saturated rings. The molecule has 2 atom stereocenters. The fraction of sp³-hybridized carbons (Fsp3) is 0.364. The Morgan fingerprint density at radius 3 is 2.46 bits per heavy atom. The monoisotopic (exact) mass is 175 g/mol. The van der Waals surface area contributed by atoms with Gasteiger partial charge in [-0.2, -0.15) is 0 Å². The Morgan fingerprint density at radius 2 is 1.92 bits per heavy atom. The molecule has 0 bridgehead atoms. The van der Waals surface area contributed by atoms with Crippen LogP contribution in [0.5, 0.6) is 0 Å². The van der Waals surface area contributed by atoms with Crippen LogP contribution in [0.1, 0.15) is 25.5 Å². The zero-order valence-corrected chi connectivity index (χ0v) is 7.90. The van der Waals surface area contributed by atoms with Gasteiger partial charge in [0.05, 0.1) is 6.04 Å². The van der Waals surface area contributed by atoms with Crippen molar-refractivity contribution in [2.24, 2.45) is 4.99 Å². The van der Waals surface area contributed by atoms with Gasteiger partial charge in [0.2, 0.25) is 0 Å². The Hall–Kier alpha value is -1.31. The molecule has 13 heavy (non-hydrogen) atoms. The van der Waals surface area contributed by atoms with Crippen LogP contribution in [0.3, 0.4) is 0 Å². The molecule has 2 heteroatoms. The Kier molecular flexibility index (Phi) is 2.05. The van der Waals surface area contributed by atoms with Crippen LogP contribution in [0.25, 0.3) is 0 Å². The van der Waals surface area contributed by atoms with E-state index in [1.165, 1.54) is 5.56 Å². The Morgan fingerprint density at radius 1 is 1.23 bits per heavy atom. The van der Waals surface area contributed by atoms with Crippen LogP contribution in [0, 0.1) is 0 Å². The summed E-state index contributed by atoms with van der Waals surface area (Å²) < 4.78 is 5.61. The van der Waals surface area contributed by atoms with Gasteiger partial charge in [0.15, 0.2) is 5.90 Å². The van der Waals surface area contributed by atoms with Crippen LogP contribution >= 0.6 is 0 Å². The predicted molar refractivity (Wildman–Crippen MR) is 52.8 cm³/mol. The maximum Gasteiger partial charge on any atom is 0.181 e. The van der Waals surface area contributed by atoms with Crippen molar-refractivity contribution in [3.8, 4) is 0 Å². The summed E-state index contributed by atoms with van der Waals surface area (Å²) >= 11 is 0. The summed E-state index contributed by atoms with van der Waals surface area (Å²) in [6.07, 6.45) is 0.112. The van der Waals surface area contributed by atoms with E-state index in [2.05, 4.69) is 24.0 Å². The maximum absolute atomic E-state index is 5.61. The van der Waals surface area contributed by atoms with Crippen LogP contribution in [0.2, 0.25) is 0 Å². The predicted octanol–water partition coefficient (Wildman–Crippen LogP) is 2.56. The first-order valence-electron chi connectivity index (χ1n) is 4.53. The lowest BCUT2D eigenvalue weighted by Crippen LogP contribution is -2.09. The smallest absolute Gasteiger partial charge is 0.181 e. The van der Waals surface area contributed by atoms with Gasteiger partial charge in [-0.3, -0.25) is 0 Å². The van der Waals surface area contributed by atoms with Gasteiger partial charge in [-0.05, 0) is 12.5 Å². The number of hydrogen-bond acceptors (Lipinski definition) is 2. The van der Waals surface area contributed by atoms with Crippen molar-refractivity contribution < 1.29 is 4.74 Å². The topological polar surface area (TPSA) is 21.6 Å². The second-order valence-corrected chi connectivity index (χ2v) is 3.34. The maximum atomic E-state index is 5.61. The van der Waals surface area contributed by atoms with E-state index < -0.39 is 0 Å². The number of benzene rings is 1. The molecule has 0 saturated heterocycles. The summed E-state index contributed by atoms with van der Waals surface area (Å²) in [6.45, 7) is 3.98. The first-order valence-corrected chi connectivity index (χ1v) is 4.53. The van der Waals surface area contributed by atoms with Crippen LogP contribution in [-0.4, -0.2) is 11.9 Å². The van der Waals surface area contributed by atoms with Gasteiger partial charge in [-0.1, -0.05) is 30.3 Å². The van der Waals surface area contributed by atoms with E-state index in [0.29, 0.717) is 0 Å². The van der Waals surface area contributed by atoms with E-state index in [0.717, 1.165) is 5.90 Å². The molecule has 2 rings (SSSR count). The second kappa shape index (κ2) is 3.21. The molecule has 2 nitrogen and oxygen atoms in total. The van der Waals surface area contributed by atoms with Gasteiger partial charge in [-0.25, -0.2) is 4.99 Å². The molecule has 0 N–H and O–H groups in total. The minimum absolute atomic E-state index is 0.112. The molecular formula is C11H13NO. The van der Waals surface area contributed by atoms with Gasteiger partial charge in [-0.15, -0.1) is 0 Å². The van der Waals surface area contributed by atoms with Crippen molar-refractivity contribution in [1.29, 1.82) is 0 Å². The summed E-state index contributed by atoms with van der Waals surface area (Å²) in [6, 6.07) is 10.5. The summed E-state index contributed by atoms with van der Waals surface area (Å²) in [5, 5.41) is 0. The number of ether oxygens (including phenoxy) is 1. The van der Waals surface area contributed by atoms with E-state index >= 15 is 0 Å². The van der Waals surface area contributed by atoms with Crippen molar-refractivity contribution in [3.05, 3.63) is 35.9 Å². The van der Waals surface area contributed by atoms with Crippen molar-refractivity contribution in [3.63, 3.8) is 0 Å². The average molecular weight is 175 g/mol. The lowest BCUT2D eigenvalue weighted by molar-refractivity contribution is 0.200. The largest absolute Gasteiger partial charge is 0.471 e. The van der Waals surface area contributed by atoms with E-state index in [1.807, 2.05) is 25.1 Å². The zero-order chi connectivity index (χ0) is 9.26. The van der Waals surface area contributed by atoms with Crippen molar-refractivity contribution in [2.75, 3.05) is 0 Å². The third-order valence-corrected chi connectivity index (χ3v) is 2.25. The number of nitrogens with zero attached hydrogens (tertiary/aromatic N) is 1. The van der Waals surface area contributed by atoms with Gasteiger partial charge in [0, 0.05) is 6.92 Å². The first kappa shape index (κ1) is 8.30. The summed E-state index contributed by atoms with van der Waals surface area (Å²) in [5.41, 5.74) is 1.20. The third kappa shape index (κ3) is 1.57. The minimum Gasteiger partial charge on any atom is -0.471 e. The van der Waals surface area contributed by atoms with E-state index in [9.17, 15) is 0 Å². The molecule has 0 spiro atoms. The molecule has 0 saturated carbocycles. The molecule has 0 aliphatic carbocycles. The van der Waals surface area contributed by atoms with E-state index in [-0.39, 0.29) is 12.1 Å². The van der Waals surface area contributed by atoms with Gasteiger partial charge >= 0.3 is 0 Å². The standard InChI is InChI=1S/C11H13NO/c1-8-11(13-9(2)12-8)10-6-4-3-5-7-10/h3-8,11H,1-2H3/t8-,11?/m1/s1. The van der Waals surface area contributed by atoms with Gasteiger partial charge in [0.1, 0.15) is 6.10 Å². The molecular weight excluding hydrogens is 162 g/mol. The van der Waals surface area contributed by atoms with E-state index in [4.69, 9.17) is 4.74 Å². The molecule has 0 radical (unpaired) electrons. The van der Waals surface area contributed by atoms with E-state index in [1.54, 1.807) is 0 Å². The van der Waals surface area contributed by atoms with Crippen molar-refractivity contribution in [1.82, 2.24) is 0 Å². The second-order valence-electron chi connectivity index (χ2n) is 3.34. The normalized spacial score (nSPS) is 26.8. The molecule has 1 aromatic carbocycles. The average Bonchev–Trinajstić information content (AvgIpc) is 2.47. The lowest BCUT2D eigenvalue weighted by atomic mass is 10.0. The van der Waals surface area contributed by atoms with Crippen LogP contribution in [0.15, 0.2) is 35.3 Å². The minimum atomic E-state index is 0.112. The molecule has 0 aromatic heterocycles. The fourth-order valence-corrected chi connectivity index (χ4v) is 1.66. The van der Waals surface area contributed by atoms with Crippen LogP contribution in [0.4, 0.5) is 0 Å². The van der Waals surface area contributed by atoms with Gasteiger partial charge < -0.3 is 4.74 Å². The highest BCUT2D eigenvalue weighted by molar-refractivity contribution is 5.75. The summed E-state index contributed by atoms with van der Waals surface area (Å²) in [5.74, 6) is 0.793. The summed E-state index contributed by atoms with van der Waals surface area (Å²) in [4.78, 5) is 4.34. The van der Waals surface area contributed by atoms with Crippen LogP contribution < -0.4 is 0 Å². The quantitative estimate of drug-likeness (QED) is 0.642. The lowest BCUT2D eigenvalue weighted by Gasteiger charge is -2.14.